The Morgan fingerprint density at radius 2 is 2.15 bits per heavy atom. The maximum absolute atomic E-state index is 13.1. The molecule has 0 N–H and O–H groups in total. The molecule has 3 rings (SSSR count). The van der Waals surface area contributed by atoms with Crippen molar-refractivity contribution in [1.82, 2.24) is 14.7 Å². The topological polar surface area (TPSA) is 38.1 Å². The van der Waals surface area contributed by atoms with Crippen molar-refractivity contribution in [2.45, 2.75) is 31.4 Å². The van der Waals surface area contributed by atoms with Crippen LogP contribution in [-0.2, 0) is 18.0 Å². The summed E-state index contributed by atoms with van der Waals surface area (Å²) in [6.45, 7) is 1.35. The number of aryl methyl sites for hydroxylation is 1. The second-order valence-corrected chi connectivity index (χ2v) is 6.02. The van der Waals surface area contributed by atoms with Crippen molar-refractivity contribution >= 4 is 6.41 Å². The van der Waals surface area contributed by atoms with Crippen LogP contribution in [0.1, 0.15) is 36.4 Å². The van der Waals surface area contributed by atoms with Crippen LogP contribution in [0.5, 0.6) is 0 Å². The van der Waals surface area contributed by atoms with Gasteiger partial charge in [-0.3, -0.25) is 9.48 Å². The van der Waals surface area contributed by atoms with Gasteiger partial charge in [-0.25, -0.2) is 0 Å². The van der Waals surface area contributed by atoms with E-state index in [1.807, 2.05) is 0 Å². The Morgan fingerprint density at radius 3 is 2.75 bits per heavy atom. The Hall–Kier alpha value is -1.53. The van der Waals surface area contributed by atoms with Gasteiger partial charge in [0.2, 0.25) is 6.41 Å². The summed E-state index contributed by atoms with van der Waals surface area (Å²) in [5, 5.41) is 3.78. The van der Waals surface area contributed by atoms with Crippen molar-refractivity contribution in [1.29, 1.82) is 0 Å². The molecule has 1 amide bonds. The lowest BCUT2D eigenvalue weighted by molar-refractivity contribution is -0.144. The van der Waals surface area contributed by atoms with Gasteiger partial charge in [0.05, 0.1) is 6.20 Å². The van der Waals surface area contributed by atoms with Crippen LogP contribution in [0.4, 0.5) is 13.2 Å². The highest BCUT2D eigenvalue weighted by Crippen LogP contribution is 2.52. The second-order valence-electron chi connectivity index (χ2n) is 6.02. The predicted molar refractivity (Wildman–Crippen MR) is 64.9 cm³/mol. The van der Waals surface area contributed by atoms with E-state index in [1.54, 1.807) is 4.90 Å². The first-order valence-corrected chi connectivity index (χ1v) is 6.63. The first-order chi connectivity index (χ1) is 9.35. The molecule has 1 spiro atoms. The molecule has 2 aliphatic rings. The summed E-state index contributed by atoms with van der Waals surface area (Å²) in [4.78, 5) is 12.3. The second kappa shape index (κ2) is 4.23. The van der Waals surface area contributed by atoms with Crippen LogP contribution in [0.2, 0.25) is 0 Å². The molecule has 2 heterocycles. The van der Waals surface area contributed by atoms with Crippen LogP contribution >= 0.6 is 0 Å². The fraction of sp³-hybridized carbons (Fsp3) is 0.692. The minimum absolute atomic E-state index is 0.0320. The number of hydrogen-bond acceptors (Lipinski definition) is 2. The van der Waals surface area contributed by atoms with E-state index in [4.69, 9.17) is 0 Å². The van der Waals surface area contributed by atoms with Gasteiger partial charge >= 0.3 is 6.18 Å². The Kier molecular flexibility index (Phi) is 2.85. The largest absolute Gasteiger partial charge is 0.433 e. The van der Waals surface area contributed by atoms with Crippen molar-refractivity contribution in [3.05, 3.63) is 17.5 Å². The molecule has 1 atom stereocenters. The highest BCUT2D eigenvalue weighted by molar-refractivity contribution is 5.49. The highest BCUT2D eigenvalue weighted by atomic mass is 19.4. The molecule has 1 unspecified atom stereocenters. The standard InChI is InChI=1S/C13H16F3N3O/c1-18-11(13(14,15)16)10(5-17-18)9-2-3-12(4-9)6-19(7-12)8-20/h5,8-9H,2-4,6-7H2,1H3. The van der Waals surface area contributed by atoms with Crippen LogP contribution in [-0.4, -0.2) is 34.2 Å². The maximum Gasteiger partial charge on any atom is 0.433 e. The van der Waals surface area contributed by atoms with E-state index in [9.17, 15) is 18.0 Å². The summed E-state index contributed by atoms with van der Waals surface area (Å²) >= 11 is 0. The third-order valence-electron chi connectivity index (χ3n) is 4.60. The molecule has 1 aromatic rings. The molecular formula is C13H16F3N3O. The van der Waals surface area contributed by atoms with Crippen LogP contribution < -0.4 is 0 Å². The normalized spacial score (nSPS) is 25.0. The van der Waals surface area contributed by atoms with Gasteiger partial charge in [0.1, 0.15) is 5.69 Å². The quantitative estimate of drug-likeness (QED) is 0.782. The summed E-state index contributed by atoms with van der Waals surface area (Å²) in [5.41, 5.74) is -0.294. The predicted octanol–water partition coefficient (Wildman–Crippen LogP) is 2.16. The number of carbonyl (C=O) groups is 1. The number of carbonyl (C=O) groups excluding carboxylic acids is 1. The average Bonchev–Trinajstić information content (AvgIpc) is 2.89. The lowest BCUT2D eigenvalue weighted by Crippen LogP contribution is -2.54. The zero-order valence-electron chi connectivity index (χ0n) is 11.2. The molecule has 20 heavy (non-hydrogen) atoms. The third kappa shape index (κ3) is 1.99. The van der Waals surface area contributed by atoms with E-state index >= 15 is 0 Å². The fourth-order valence-electron chi connectivity index (χ4n) is 3.75. The molecule has 7 heteroatoms. The summed E-state index contributed by atoms with van der Waals surface area (Å²) < 4.78 is 40.2. The lowest BCUT2D eigenvalue weighted by Gasteiger charge is -2.46. The first-order valence-electron chi connectivity index (χ1n) is 6.63. The number of hydrogen-bond donors (Lipinski definition) is 0. The molecule has 2 fully saturated rings. The number of alkyl halides is 3. The Bertz CT molecular complexity index is 531. The molecule has 1 aliphatic carbocycles. The summed E-state index contributed by atoms with van der Waals surface area (Å²) in [7, 11) is 1.33. The SMILES string of the molecule is Cn1ncc(C2CCC3(C2)CN(C=O)C3)c1C(F)(F)F. The molecule has 0 bridgehead atoms. The van der Waals surface area contributed by atoms with Crippen molar-refractivity contribution in [3.63, 3.8) is 0 Å². The Balaban J connectivity index is 1.81. The summed E-state index contributed by atoms with van der Waals surface area (Å²) in [6.07, 6.45) is 0.124. The van der Waals surface area contributed by atoms with Gasteiger partial charge in [-0.05, 0) is 25.2 Å². The monoisotopic (exact) mass is 287 g/mol. The number of nitrogens with zero attached hydrogens (tertiary/aromatic N) is 3. The van der Waals surface area contributed by atoms with Crippen LogP contribution in [0.3, 0.4) is 0 Å². The van der Waals surface area contributed by atoms with Gasteiger partial charge in [-0.2, -0.15) is 18.3 Å². The first kappa shape index (κ1) is 13.5. The molecule has 1 aromatic heterocycles. The molecule has 110 valence electrons. The van der Waals surface area contributed by atoms with E-state index < -0.39 is 11.9 Å². The van der Waals surface area contributed by atoms with E-state index in [0.717, 1.165) is 23.9 Å². The van der Waals surface area contributed by atoms with Gasteiger partial charge in [-0.1, -0.05) is 0 Å². The number of amides is 1. The molecule has 1 aliphatic heterocycles. The highest BCUT2D eigenvalue weighted by Gasteiger charge is 2.50. The van der Waals surface area contributed by atoms with Crippen LogP contribution in [0.25, 0.3) is 0 Å². The molecule has 0 aromatic carbocycles. The number of rotatable bonds is 2. The van der Waals surface area contributed by atoms with E-state index in [2.05, 4.69) is 5.10 Å². The van der Waals surface area contributed by atoms with E-state index in [1.165, 1.54) is 13.2 Å². The van der Waals surface area contributed by atoms with Crippen molar-refractivity contribution in [2.75, 3.05) is 13.1 Å². The van der Waals surface area contributed by atoms with Gasteiger partial charge in [0.25, 0.3) is 0 Å². The fourth-order valence-corrected chi connectivity index (χ4v) is 3.75. The zero-order valence-corrected chi connectivity index (χ0v) is 11.2. The minimum atomic E-state index is -4.37. The molecule has 0 radical (unpaired) electrons. The van der Waals surface area contributed by atoms with Gasteiger partial charge in [0, 0.05) is 31.1 Å². The average molecular weight is 287 g/mol. The molecular weight excluding hydrogens is 271 g/mol. The molecule has 1 saturated heterocycles. The third-order valence-corrected chi connectivity index (χ3v) is 4.60. The lowest BCUT2D eigenvalue weighted by atomic mass is 9.77. The van der Waals surface area contributed by atoms with E-state index in [0.29, 0.717) is 25.1 Å². The Labute approximate surface area is 114 Å². The van der Waals surface area contributed by atoms with Crippen molar-refractivity contribution in [2.24, 2.45) is 12.5 Å². The number of likely N-dealkylation sites (tertiary alicyclic amines) is 1. The van der Waals surface area contributed by atoms with Crippen LogP contribution in [0, 0.1) is 5.41 Å². The van der Waals surface area contributed by atoms with E-state index in [-0.39, 0.29) is 11.3 Å². The summed E-state index contributed by atoms with van der Waals surface area (Å²) in [5.74, 6) is -0.103. The van der Waals surface area contributed by atoms with Crippen LogP contribution in [0.15, 0.2) is 6.20 Å². The Morgan fingerprint density at radius 1 is 1.45 bits per heavy atom. The maximum atomic E-state index is 13.1. The van der Waals surface area contributed by atoms with Gasteiger partial charge < -0.3 is 4.90 Å². The smallest absolute Gasteiger partial charge is 0.344 e. The van der Waals surface area contributed by atoms with Crippen molar-refractivity contribution in [3.8, 4) is 0 Å². The zero-order chi connectivity index (χ0) is 14.5. The molecule has 4 nitrogen and oxygen atoms in total. The number of aromatic nitrogens is 2. The van der Waals surface area contributed by atoms with Crippen molar-refractivity contribution < 1.29 is 18.0 Å². The minimum Gasteiger partial charge on any atom is -0.344 e. The number of halogens is 3. The summed E-state index contributed by atoms with van der Waals surface area (Å²) in [6, 6.07) is 0. The van der Waals surface area contributed by atoms with Gasteiger partial charge in [-0.15, -0.1) is 0 Å². The van der Waals surface area contributed by atoms with Gasteiger partial charge in [0.15, 0.2) is 0 Å². The molecule has 1 saturated carbocycles.